The molecule has 0 radical (unpaired) electrons. The van der Waals surface area contributed by atoms with E-state index in [1.165, 1.54) is 0 Å². The van der Waals surface area contributed by atoms with Crippen molar-refractivity contribution in [2.75, 3.05) is 0 Å². The fourth-order valence-electron chi connectivity index (χ4n) is 2.77. The summed E-state index contributed by atoms with van der Waals surface area (Å²) in [7, 11) is 0. The second-order valence-electron chi connectivity index (χ2n) is 5.00. The van der Waals surface area contributed by atoms with E-state index in [1.807, 2.05) is 60.7 Å². The van der Waals surface area contributed by atoms with Crippen LogP contribution in [-0.4, -0.2) is 4.57 Å². The summed E-state index contributed by atoms with van der Waals surface area (Å²) in [5.74, 6) is 0.820. The number of nitrogens with zero attached hydrogens (tertiary/aromatic N) is 1. The second-order valence-corrected chi connectivity index (χ2v) is 5.00. The zero-order valence-electron chi connectivity index (χ0n) is 11.3. The number of aromatic nitrogens is 1. The molecule has 1 aliphatic rings. The maximum Gasteiger partial charge on any atom is 0.255 e. The van der Waals surface area contributed by atoms with E-state index in [4.69, 9.17) is 4.74 Å². The van der Waals surface area contributed by atoms with Gasteiger partial charge in [0.2, 0.25) is 0 Å². The molecule has 0 unspecified atom stereocenters. The van der Waals surface area contributed by atoms with Gasteiger partial charge in [-0.25, -0.2) is 0 Å². The first-order chi connectivity index (χ1) is 10.3. The van der Waals surface area contributed by atoms with Crippen LogP contribution in [0.1, 0.15) is 5.56 Å². The van der Waals surface area contributed by atoms with E-state index in [-0.39, 0.29) is 5.56 Å². The highest BCUT2D eigenvalue weighted by Crippen LogP contribution is 2.37. The summed E-state index contributed by atoms with van der Waals surface area (Å²) in [4.78, 5) is 12.4. The highest BCUT2D eigenvalue weighted by atomic mass is 16.5. The molecule has 0 aliphatic carbocycles. The van der Waals surface area contributed by atoms with E-state index in [0.717, 1.165) is 28.3 Å². The maximum atomic E-state index is 12.4. The molecule has 3 heteroatoms. The molecule has 0 N–H and O–H groups in total. The van der Waals surface area contributed by atoms with Gasteiger partial charge in [-0.3, -0.25) is 9.36 Å². The summed E-state index contributed by atoms with van der Waals surface area (Å²) in [6, 6.07) is 21.0. The van der Waals surface area contributed by atoms with Gasteiger partial charge in [0.15, 0.2) is 0 Å². The summed E-state index contributed by atoms with van der Waals surface area (Å²) < 4.78 is 7.53. The Morgan fingerprint density at radius 3 is 2.48 bits per heavy atom. The standard InChI is InChI=1S/C18H13NO2/c20-17-11-10-13-12-21-16-9-5-4-8-15(16)18(13)19(17)14-6-2-1-3-7-14/h1-11H,12H2. The van der Waals surface area contributed by atoms with Crippen LogP contribution >= 0.6 is 0 Å². The fraction of sp³-hybridized carbons (Fsp3) is 0.0556. The third-order valence-corrected chi connectivity index (χ3v) is 3.71. The number of hydrogen-bond donors (Lipinski definition) is 0. The Kier molecular flexibility index (Phi) is 2.64. The van der Waals surface area contributed by atoms with E-state index in [9.17, 15) is 4.79 Å². The van der Waals surface area contributed by atoms with E-state index in [2.05, 4.69) is 0 Å². The van der Waals surface area contributed by atoms with Crippen molar-refractivity contribution < 1.29 is 4.74 Å². The van der Waals surface area contributed by atoms with Crippen molar-refractivity contribution in [3.8, 4) is 22.7 Å². The minimum absolute atomic E-state index is 0.0309. The number of benzene rings is 2. The molecular weight excluding hydrogens is 262 g/mol. The molecule has 0 spiro atoms. The lowest BCUT2D eigenvalue weighted by Crippen LogP contribution is -2.23. The molecule has 3 nitrogen and oxygen atoms in total. The quantitative estimate of drug-likeness (QED) is 0.681. The van der Waals surface area contributed by atoms with Gasteiger partial charge >= 0.3 is 0 Å². The van der Waals surface area contributed by atoms with Crippen molar-refractivity contribution in [3.05, 3.63) is 82.6 Å². The maximum absolute atomic E-state index is 12.4. The lowest BCUT2D eigenvalue weighted by atomic mass is 10.0. The molecule has 2 heterocycles. The van der Waals surface area contributed by atoms with Crippen molar-refractivity contribution in [2.24, 2.45) is 0 Å². The van der Waals surface area contributed by atoms with Crippen LogP contribution in [0.25, 0.3) is 16.9 Å². The van der Waals surface area contributed by atoms with Gasteiger partial charge in [0.05, 0.1) is 5.69 Å². The summed E-state index contributed by atoms with van der Waals surface area (Å²) in [6.07, 6.45) is 0. The summed E-state index contributed by atoms with van der Waals surface area (Å²) in [5.41, 5.74) is 3.75. The fourth-order valence-corrected chi connectivity index (χ4v) is 2.77. The molecule has 4 rings (SSSR count). The van der Waals surface area contributed by atoms with Crippen LogP contribution in [0, 0.1) is 0 Å². The van der Waals surface area contributed by atoms with E-state index >= 15 is 0 Å². The first-order valence-corrected chi connectivity index (χ1v) is 6.87. The number of hydrogen-bond acceptors (Lipinski definition) is 2. The van der Waals surface area contributed by atoms with Crippen LogP contribution in [0.5, 0.6) is 5.75 Å². The Balaban J connectivity index is 2.09. The zero-order chi connectivity index (χ0) is 14.2. The minimum Gasteiger partial charge on any atom is -0.488 e. The molecule has 0 bridgehead atoms. The molecule has 1 aromatic heterocycles. The first-order valence-electron chi connectivity index (χ1n) is 6.87. The van der Waals surface area contributed by atoms with E-state index in [0.29, 0.717) is 6.61 Å². The predicted octanol–water partition coefficient (Wildman–Crippen LogP) is 3.40. The smallest absolute Gasteiger partial charge is 0.255 e. The van der Waals surface area contributed by atoms with Crippen LogP contribution in [0.15, 0.2) is 71.5 Å². The third-order valence-electron chi connectivity index (χ3n) is 3.71. The molecule has 2 aromatic carbocycles. The second kappa shape index (κ2) is 4.63. The zero-order valence-corrected chi connectivity index (χ0v) is 11.3. The van der Waals surface area contributed by atoms with Gasteiger partial charge in [0.1, 0.15) is 12.4 Å². The highest BCUT2D eigenvalue weighted by molar-refractivity contribution is 5.73. The molecule has 102 valence electrons. The number of para-hydroxylation sites is 2. The molecule has 0 amide bonds. The monoisotopic (exact) mass is 275 g/mol. The van der Waals surface area contributed by atoms with Crippen molar-refractivity contribution in [2.45, 2.75) is 6.61 Å². The Morgan fingerprint density at radius 2 is 1.62 bits per heavy atom. The minimum atomic E-state index is -0.0309. The number of ether oxygens (including phenoxy) is 1. The summed E-state index contributed by atoms with van der Waals surface area (Å²) >= 11 is 0. The van der Waals surface area contributed by atoms with Crippen molar-refractivity contribution in [1.29, 1.82) is 0 Å². The lowest BCUT2D eigenvalue weighted by molar-refractivity contribution is 0.301. The lowest BCUT2D eigenvalue weighted by Gasteiger charge is -2.24. The van der Waals surface area contributed by atoms with Gasteiger partial charge in [-0.05, 0) is 30.3 Å². The van der Waals surface area contributed by atoms with E-state index in [1.54, 1.807) is 10.6 Å². The van der Waals surface area contributed by atoms with Crippen molar-refractivity contribution in [1.82, 2.24) is 4.57 Å². The Labute approximate surface area is 122 Å². The average Bonchev–Trinajstić information content (AvgIpc) is 2.55. The molecular formula is C18H13NO2. The largest absolute Gasteiger partial charge is 0.488 e. The Hall–Kier alpha value is -2.81. The molecule has 1 aliphatic heterocycles. The van der Waals surface area contributed by atoms with Gasteiger partial charge in [-0.15, -0.1) is 0 Å². The van der Waals surface area contributed by atoms with Gasteiger partial charge in [0.25, 0.3) is 5.56 Å². The molecule has 3 aromatic rings. The predicted molar refractivity (Wildman–Crippen MR) is 81.8 cm³/mol. The first kappa shape index (κ1) is 12.0. The number of rotatable bonds is 1. The Bertz CT molecular complexity index is 866. The van der Waals surface area contributed by atoms with Gasteiger partial charge in [-0.2, -0.15) is 0 Å². The molecule has 0 fully saturated rings. The van der Waals surface area contributed by atoms with Crippen LogP contribution in [0.4, 0.5) is 0 Å². The summed E-state index contributed by atoms with van der Waals surface area (Å²) in [6.45, 7) is 0.486. The number of pyridine rings is 1. The topological polar surface area (TPSA) is 31.2 Å². The van der Waals surface area contributed by atoms with Crippen LogP contribution in [0.2, 0.25) is 0 Å². The molecule has 0 atom stereocenters. The normalized spacial score (nSPS) is 12.2. The van der Waals surface area contributed by atoms with Gasteiger partial charge in [-0.1, -0.05) is 30.3 Å². The van der Waals surface area contributed by atoms with Crippen LogP contribution < -0.4 is 10.3 Å². The molecule has 0 saturated carbocycles. The molecule has 0 saturated heterocycles. The SMILES string of the molecule is O=c1ccc2c(n1-c1ccccc1)-c1ccccc1OC2. The van der Waals surface area contributed by atoms with Crippen molar-refractivity contribution >= 4 is 0 Å². The average molecular weight is 275 g/mol. The van der Waals surface area contributed by atoms with Crippen molar-refractivity contribution in [3.63, 3.8) is 0 Å². The highest BCUT2D eigenvalue weighted by Gasteiger charge is 2.21. The Morgan fingerprint density at radius 1 is 0.857 bits per heavy atom. The third kappa shape index (κ3) is 1.86. The summed E-state index contributed by atoms with van der Waals surface area (Å²) in [5, 5.41) is 0. The number of fused-ring (bicyclic) bond motifs is 3. The van der Waals surface area contributed by atoms with Gasteiger partial charge < -0.3 is 4.74 Å². The van der Waals surface area contributed by atoms with E-state index < -0.39 is 0 Å². The van der Waals surface area contributed by atoms with Gasteiger partial charge in [0, 0.05) is 22.9 Å². The molecule has 21 heavy (non-hydrogen) atoms. The van der Waals surface area contributed by atoms with Crippen LogP contribution in [-0.2, 0) is 6.61 Å². The van der Waals surface area contributed by atoms with Crippen LogP contribution in [0.3, 0.4) is 0 Å².